The summed E-state index contributed by atoms with van der Waals surface area (Å²) in [5.74, 6) is 0.534. The molecule has 0 aliphatic carbocycles. The second-order valence-corrected chi connectivity index (χ2v) is 5.87. The molecule has 0 spiro atoms. The standard InChI is InChI=1S/C17H17N5O5/c1-10-6-11(2)21-17(18-10)19-15(20-21)8-16(23)27-9-12-7-13(22(24)25)4-5-14(12)26-3/h4-7H,8-9H2,1-3H3. The highest BCUT2D eigenvalue weighted by atomic mass is 16.6. The third kappa shape index (κ3) is 4.00. The molecular weight excluding hydrogens is 354 g/mol. The summed E-state index contributed by atoms with van der Waals surface area (Å²) < 4.78 is 11.9. The smallest absolute Gasteiger partial charge is 0.313 e. The summed E-state index contributed by atoms with van der Waals surface area (Å²) in [5.41, 5.74) is 1.95. The van der Waals surface area contributed by atoms with Crippen LogP contribution in [0.15, 0.2) is 24.3 Å². The number of non-ortho nitro benzene ring substituents is 1. The van der Waals surface area contributed by atoms with Crippen LogP contribution in [-0.2, 0) is 22.6 Å². The van der Waals surface area contributed by atoms with E-state index in [1.807, 2.05) is 19.9 Å². The van der Waals surface area contributed by atoms with E-state index in [2.05, 4.69) is 15.1 Å². The van der Waals surface area contributed by atoms with Gasteiger partial charge in [0.05, 0.1) is 12.0 Å². The van der Waals surface area contributed by atoms with Crippen LogP contribution in [0.25, 0.3) is 5.78 Å². The molecule has 2 heterocycles. The van der Waals surface area contributed by atoms with E-state index in [0.717, 1.165) is 11.4 Å². The molecule has 3 rings (SSSR count). The second-order valence-electron chi connectivity index (χ2n) is 5.87. The minimum Gasteiger partial charge on any atom is -0.496 e. The average Bonchev–Trinajstić information content (AvgIpc) is 3.02. The van der Waals surface area contributed by atoms with Crippen LogP contribution in [0.3, 0.4) is 0 Å². The molecule has 27 heavy (non-hydrogen) atoms. The molecule has 1 aromatic carbocycles. The first-order valence-electron chi connectivity index (χ1n) is 8.04. The lowest BCUT2D eigenvalue weighted by Gasteiger charge is -2.08. The lowest BCUT2D eigenvalue weighted by molar-refractivity contribution is -0.385. The molecule has 0 bridgehead atoms. The highest BCUT2D eigenvalue weighted by Crippen LogP contribution is 2.24. The van der Waals surface area contributed by atoms with Crippen LogP contribution in [0.4, 0.5) is 5.69 Å². The van der Waals surface area contributed by atoms with Crippen molar-refractivity contribution in [1.29, 1.82) is 0 Å². The fraction of sp³-hybridized carbons (Fsp3) is 0.294. The lowest BCUT2D eigenvalue weighted by atomic mass is 10.2. The minimum absolute atomic E-state index is 0.110. The molecule has 0 atom stereocenters. The Labute approximate surface area is 153 Å². The Morgan fingerprint density at radius 2 is 2.04 bits per heavy atom. The summed E-state index contributed by atoms with van der Waals surface area (Å²) in [7, 11) is 1.43. The molecule has 0 radical (unpaired) electrons. The Morgan fingerprint density at radius 3 is 2.74 bits per heavy atom. The van der Waals surface area contributed by atoms with Gasteiger partial charge in [-0.3, -0.25) is 14.9 Å². The van der Waals surface area contributed by atoms with Crippen molar-refractivity contribution in [3.63, 3.8) is 0 Å². The quantitative estimate of drug-likeness (QED) is 0.366. The molecule has 0 fully saturated rings. The fourth-order valence-electron chi connectivity index (χ4n) is 2.61. The molecule has 0 amide bonds. The first-order valence-corrected chi connectivity index (χ1v) is 8.04. The number of fused-ring (bicyclic) bond motifs is 1. The van der Waals surface area contributed by atoms with Gasteiger partial charge >= 0.3 is 5.97 Å². The van der Waals surface area contributed by atoms with Crippen LogP contribution < -0.4 is 4.74 Å². The molecule has 2 aromatic heterocycles. The SMILES string of the molecule is COc1ccc([N+](=O)[O-])cc1COC(=O)Cc1nc2nc(C)cc(C)n2n1. The zero-order valence-electron chi connectivity index (χ0n) is 15.0. The second kappa shape index (κ2) is 7.36. The van der Waals surface area contributed by atoms with Gasteiger partial charge in [0.1, 0.15) is 18.8 Å². The van der Waals surface area contributed by atoms with E-state index < -0.39 is 10.9 Å². The van der Waals surface area contributed by atoms with Gasteiger partial charge in [0.2, 0.25) is 0 Å². The van der Waals surface area contributed by atoms with Crippen molar-refractivity contribution in [1.82, 2.24) is 19.6 Å². The number of ether oxygens (including phenoxy) is 2. The Morgan fingerprint density at radius 1 is 1.26 bits per heavy atom. The number of methoxy groups -OCH3 is 1. The molecule has 0 N–H and O–H groups in total. The van der Waals surface area contributed by atoms with Crippen LogP contribution in [0.2, 0.25) is 0 Å². The minimum atomic E-state index is -0.561. The Bertz CT molecular complexity index is 1030. The van der Waals surface area contributed by atoms with E-state index in [0.29, 0.717) is 17.1 Å². The summed E-state index contributed by atoms with van der Waals surface area (Å²) in [6.07, 6.45) is -0.140. The fourth-order valence-corrected chi connectivity index (χ4v) is 2.61. The third-order valence-corrected chi connectivity index (χ3v) is 3.83. The number of carbonyl (C=O) groups excluding carboxylic acids is 1. The molecule has 3 aromatic rings. The third-order valence-electron chi connectivity index (χ3n) is 3.83. The maximum Gasteiger partial charge on any atom is 0.313 e. The zero-order valence-corrected chi connectivity index (χ0v) is 15.0. The number of nitro groups is 1. The number of benzene rings is 1. The van der Waals surface area contributed by atoms with Gasteiger partial charge in [-0.25, -0.2) is 9.50 Å². The van der Waals surface area contributed by atoms with Crippen LogP contribution in [-0.4, -0.2) is 37.6 Å². The van der Waals surface area contributed by atoms with Crippen LogP contribution in [0.5, 0.6) is 5.75 Å². The van der Waals surface area contributed by atoms with E-state index in [1.54, 1.807) is 4.52 Å². The number of hydrogen-bond acceptors (Lipinski definition) is 8. The number of nitrogens with zero attached hydrogens (tertiary/aromatic N) is 5. The summed E-state index contributed by atoms with van der Waals surface area (Å²) in [6, 6.07) is 5.95. The molecule has 0 saturated heterocycles. The molecule has 10 heteroatoms. The molecule has 10 nitrogen and oxygen atoms in total. The van der Waals surface area contributed by atoms with Crippen LogP contribution in [0.1, 0.15) is 22.8 Å². The largest absolute Gasteiger partial charge is 0.496 e. The summed E-state index contributed by atoms with van der Waals surface area (Å²) in [6.45, 7) is 3.56. The summed E-state index contributed by atoms with van der Waals surface area (Å²) in [5, 5.41) is 15.1. The number of aromatic nitrogens is 4. The molecule has 0 aliphatic heterocycles. The number of carbonyl (C=O) groups is 1. The molecule has 0 saturated carbocycles. The van der Waals surface area contributed by atoms with Gasteiger partial charge in [-0.2, -0.15) is 4.98 Å². The molecular formula is C17H17N5O5. The van der Waals surface area contributed by atoms with Crippen LogP contribution >= 0.6 is 0 Å². The highest BCUT2D eigenvalue weighted by molar-refractivity contribution is 5.71. The van der Waals surface area contributed by atoms with Crippen molar-refractivity contribution in [2.75, 3.05) is 7.11 Å². The average molecular weight is 371 g/mol. The number of nitro benzene ring substituents is 1. The number of aryl methyl sites for hydroxylation is 2. The van der Waals surface area contributed by atoms with Gasteiger partial charge in [-0.05, 0) is 26.0 Å². The van der Waals surface area contributed by atoms with Crippen LogP contribution in [0, 0.1) is 24.0 Å². The molecule has 140 valence electrons. The molecule has 0 unspecified atom stereocenters. The summed E-state index contributed by atoms with van der Waals surface area (Å²) in [4.78, 5) is 31.0. The topological polar surface area (TPSA) is 122 Å². The van der Waals surface area contributed by atoms with Gasteiger partial charge in [0.25, 0.3) is 11.5 Å². The van der Waals surface area contributed by atoms with E-state index in [4.69, 9.17) is 9.47 Å². The van der Waals surface area contributed by atoms with E-state index in [-0.39, 0.29) is 24.5 Å². The van der Waals surface area contributed by atoms with Crippen molar-refractivity contribution < 1.29 is 19.2 Å². The highest BCUT2D eigenvalue weighted by Gasteiger charge is 2.16. The van der Waals surface area contributed by atoms with E-state index >= 15 is 0 Å². The normalized spacial score (nSPS) is 10.8. The van der Waals surface area contributed by atoms with Crippen molar-refractivity contribution in [2.45, 2.75) is 26.9 Å². The number of esters is 1. The number of hydrogen-bond donors (Lipinski definition) is 0. The Hall–Kier alpha value is -3.56. The van der Waals surface area contributed by atoms with Gasteiger partial charge in [-0.15, -0.1) is 5.10 Å². The lowest BCUT2D eigenvalue weighted by Crippen LogP contribution is -2.10. The van der Waals surface area contributed by atoms with Gasteiger partial charge in [0, 0.05) is 29.1 Å². The Kier molecular flexibility index (Phi) is 4.97. The van der Waals surface area contributed by atoms with E-state index in [1.165, 1.54) is 25.3 Å². The van der Waals surface area contributed by atoms with Crippen molar-refractivity contribution in [3.8, 4) is 5.75 Å². The van der Waals surface area contributed by atoms with Crippen molar-refractivity contribution >= 4 is 17.4 Å². The van der Waals surface area contributed by atoms with E-state index in [9.17, 15) is 14.9 Å². The zero-order chi connectivity index (χ0) is 19.6. The summed E-state index contributed by atoms with van der Waals surface area (Å²) >= 11 is 0. The van der Waals surface area contributed by atoms with Crippen molar-refractivity contribution in [3.05, 3.63) is 57.2 Å². The Balaban J connectivity index is 1.71. The predicted octanol–water partition coefficient (Wildman–Crippen LogP) is 1.94. The maximum atomic E-state index is 12.1. The number of rotatable bonds is 6. The first kappa shape index (κ1) is 18.2. The van der Waals surface area contributed by atoms with Gasteiger partial charge in [-0.1, -0.05) is 0 Å². The monoisotopic (exact) mass is 371 g/mol. The van der Waals surface area contributed by atoms with Gasteiger partial charge < -0.3 is 9.47 Å². The van der Waals surface area contributed by atoms with Gasteiger partial charge in [0.15, 0.2) is 5.82 Å². The molecule has 0 aliphatic rings. The predicted molar refractivity (Wildman–Crippen MR) is 93.4 cm³/mol. The van der Waals surface area contributed by atoms with Crippen molar-refractivity contribution in [2.24, 2.45) is 0 Å². The maximum absolute atomic E-state index is 12.1. The first-order chi connectivity index (χ1) is 12.9.